The summed E-state index contributed by atoms with van der Waals surface area (Å²) in [4.78, 5) is 21.6. The van der Waals surface area contributed by atoms with Gasteiger partial charge in [0.1, 0.15) is 28.9 Å². The number of hydrogen-bond donors (Lipinski definition) is 2. The normalized spacial score (nSPS) is 14.9. The van der Waals surface area contributed by atoms with E-state index in [1.807, 2.05) is 24.3 Å². The van der Waals surface area contributed by atoms with Gasteiger partial charge in [0.2, 0.25) is 5.89 Å². The van der Waals surface area contributed by atoms with Crippen LogP contribution in [0.15, 0.2) is 71.6 Å². The van der Waals surface area contributed by atoms with Crippen molar-refractivity contribution in [3.05, 3.63) is 77.8 Å². The van der Waals surface area contributed by atoms with Crippen molar-refractivity contribution in [2.45, 2.75) is 19.0 Å². The van der Waals surface area contributed by atoms with Crippen LogP contribution in [0.2, 0.25) is 5.02 Å². The van der Waals surface area contributed by atoms with Gasteiger partial charge in [0.15, 0.2) is 11.5 Å². The van der Waals surface area contributed by atoms with Gasteiger partial charge < -0.3 is 29.2 Å². The molecule has 6 rings (SSSR count). The molecule has 1 amide bonds. The van der Waals surface area contributed by atoms with E-state index in [0.717, 1.165) is 11.3 Å². The Morgan fingerprint density at radius 3 is 2.67 bits per heavy atom. The molecule has 1 saturated heterocycles. The highest BCUT2D eigenvalue weighted by Gasteiger charge is 2.28. The van der Waals surface area contributed by atoms with Gasteiger partial charge in [-0.1, -0.05) is 23.7 Å². The van der Waals surface area contributed by atoms with E-state index in [2.05, 4.69) is 15.3 Å². The third-order valence-corrected chi connectivity index (χ3v) is 7.03. The SMILES string of the molecule is COc1ccc(Cn2nc(NC3CCN(C(=O)O)C3)c3c(Oc4ccc(-c5ncco5)c(Cl)c4)ccnc32)cc1. The summed E-state index contributed by atoms with van der Waals surface area (Å²) >= 11 is 6.52. The zero-order valence-electron chi connectivity index (χ0n) is 21.5. The Hall–Kier alpha value is -4.77. The van der Waals surface area contributed by atoms with Gasteiger partial charge in [-0.15, -0.1) is 0 Å². The summed E-state index contributed by atoms with van der Waals surface area (Å²) in [7, 11) is 1.63. The van der Waals surface area contributed by atoms with E-state index < -0.39 is 6.09 Å². The second-order valence-electron chi connectivity index (χ2n) is 9.30. The van der Waals surface area contributed by atoms with E-state index >= 15 is 0 Å². The first-order valence-electron chi connectivity index (χ1n) is 12.6. The Balaban J connectivity index is 1.35. The molecular weight excluding hydrogens is 536 g/mol. The fraction of sp³-hybridized carbons (Fsp3) is 0.214. The summed E-state index contributed by atoms with van der Waals surface area (Å²) in [5.41, 5.74) is 2.28. The Labute approximate surface area is 233 Å². The molecular formula is C28H25ClN6O5. The molecule has 204 valence electrons. The van der Waals surface area contributed by atoms with E-state index in [1.165, 1.54) is 11.2 Å². The molecule has 12 heteroatoms. The molecule has 0 aliphatic carbocycles. The van der Waals surface area contributed by atoms with Crippen LogP contribution in [0.5, 0.6) is 17.2 Å². The van der Waals surface area contributed by atoms with Crippen LogP contribution in [0.25, 0.3) is 22.5 Å². The van der Waals surface area contributed by atoms with Gasteiger partial charge in [-0.2, -0.15) is 5.10 Å². The zero-order valence-corrected chi connectivity index (χ0v) is 22.2. The molecule has 1 aliphatic heterocycles. The number of carboxylic acid groups (broad SMARTS) is 1. The summed E-state index contributed by atoms with van der Waals surface area (Å²) in [6, 6.07) is 14.7. The van der Waals surface area contributed by atoms with Gasteiger partial charge in [0, 0.05) is 37.5 Å². The number of nitrogens with zero attached hydrogens (tertiary/aromatic N) is 5. The van der Waals surface area contributed by atoms with Gasteiger partial charge in [0.05, 0.1) is 30.4 Å². The highest BCUT2D eigenvalue weighted by molar-refractivity contribution is 6.33. The third-order valence-electron chi connectivity index (χ3n) is 6.72. The third kappa shape index (κ3) is 5.10. The average Bonchev–Trinajstić information content (AvgIpc) is 3.72. The number of carbonyl (C=O) groups is 1. The van der Waals surface area contributed by atoms with E-state index in [-0.39, 0.29) is 6.04 Å². The van der Waals surface area contributed by atoms with E-state index in [1.54, 1.807) is 48.5 Å². The number of likely N-dealkylation sites (tertiary alicyclic amines) is 1. The van der Waals surface area contributed by atoms with Gasteiger partial charge in [-0.25, -0.2) is 19.4 Å². The predicted molar refractivity (Wildman–Crippen MR) is 148 cm³/mol. The molecule has 0 spiro atoms. The largest absolute Gasteiger partial charge is 0.497 e. The summed E-state index contributed by atoms with van der Waals surface area (Å²) in [6.45, 7) is 1.27. The minimum Gasteiger partial charge on any atom is -0.497 e. The molecule has 0 saturated carbocycles. The van der Waals surface area contributed by atoms with Crippen molar-refractivity contribution in [2.24, 2.45) is 0 Å². The number of rotatable bonds is 8. The highest BCUT2D eigenvalue weighted by atomic mass is 35.5. The zero-order chi connectivity index (χ0) is 27.6. The van der Waals surface area contributed by atoms with Crippen LogP contribution in [0, 0.1) is 0 Å². The topological polar surface area (TPSA) is 128 Å². The van der Waals surface area contributed by atoms with Crippen LogP contribution in [0.4, 0.5) is 10.6 Å². The van der Waals surface area contributed by atoms with E-state index in [9.17, 15) is 9.90 Å². The molecule has 2 N–H and O–H groups in total. The number of methoxy groups -OCH3 is 1. The van der Waals surface area contributed by atoms with Crippen molar-refractivity contribution in [3.63, 3.8) is 0 Å². The molecule has 11 nitrogen and oxygen atoms in total. The minimum absolute atomic E-state index is 0.105. The van der Waals surface area contributed by atoms with Crippen LogP contribution < -0.4 is 14.8 Å². The standard InChI is InChI=1S/C28H25ClN6O5/c1-38-19-4-2-17(3-5-19)15-35-26-24(25(33-35)32-18-9-12-34(16-18)28(36)37)23(8-10-30-26)40-20-6-7-21(22(29)14-20)27-31-11-13-39-27/h2-8,10-11,13-14,18H,9,12,15-16H2,1H3,(H,32,33)(H,36,37). The smallest absolute Gasteiger partial charge is 0.407 e. The second kappa shape index (κ2) is 10.8. The van der Waals surface area contributed by atoms with Crippen molar-refractivity contribution in [3.8, 4) is 28.7 Å². The maximum Gasteiger partial charge on any atom is 0.407 e. The van der Waals surface area contributed by atoms with Crippen LogP contribution in [0.3, 0.4) is 0 Å². The predicted octanol–water partition coefficient (Wildman–Crippen LogP) is 5.75. The van der Waals surface area contributed by atoms with Gasteiger partial charge in [-0.05, 0) is 36.2 Å². The number of benzene rings is 2. The van der Waals surface area contributed by atoms with Crippen LogP contribution >= 0.6 is 11.6 Å². The summed E-state index contributed by atoms with van der Waals surface area (Å²) < 4.78 is 18.8. The van der Waals surface area contributed by atoms with Crippen LogP contribution in [0.1, 0.15) is 12.0 Å². The lowest BCUT2D eigenvalue weighted by Gasteiger charge is -2.14. The monoisotopic (exact) mass is 560 g/mol. The number of hydrogen-bond acceptors (Lipinski definition) is 8. The van der Waals surface area contributed by atoms with E-state index in [0.29, 0.717) is 70.9 Å². The van der Waals surface area contributed by atoms with Crippen molar-refractivity contribution >= 4 is 34.5 Å². The maximum absolute atomic E-state index is 11.5. The van der Waals surface area contributed by atoms with Crippen LogP contribution in [-0.4, -0.2) is 62.1 Å². The fourth-order valence-corrected chi connectivity index (χ4v) is 4.98. The number of amides is 1. The maximum atomic E-state index is 11.5. The molecule has 2 aromatic carbocycles. The van der Waals surface area contributed by atoms with Gasteiger partial charge >= 0.3 is 6.09 Å². The first kappa shape index (κ1) is 25.5. The van der Waals surface area contributed by atoms with Crippen molar-refractivity contribution in [1.29, 1.82) is 0 Å². The van der Waals surface area contributed by atoms with Crippen molar-refractivity contribution in [2.75, 3.05) is 25.5 Å². The number of pyridine rings is 1. The average molecular weight is 561 g/mol. The number of anilines is 1. The lowest BCUT2D eigenvalue weighted by Crippen LogP contribution is -2.30. The molecule has 1 aliphatic rings. The minimum atomic E-state index is -0.935. The first-order valence-corrected chi connectivity index (χ1v) is 13.0. The summed E-state index contributed by atoms with van der Waals surface area (Å²) in [5, 5.41) is 18.8. The Morgan fingerprint density at radius 1 is 1.15 bits per heavy atom. The molecule has 1 unspecified atom stereocenters. The van der Waals surface area contributed by atoms with Crippen molar-refractivity contribution in [1.82, 2.24) is 24.6 Å². The number of nitrogens with one attached hydrogen (secondary N) is 1. The summed E-state index contributed by atoms with van der Waals surface area (Å²) in [5.74, 6) is 2.79. The molecule has 5 aromatic rings. The van der Waals surface area contributed by atoms with Crippen molar-refractivity contribution < 1.29 is 23.8 Å². The number of halogens is 1. The Morgan fingerprint density at radius 2 is 1.98 bits per heavy atom. The molecule has 4 heterocycles. The number of aromatic nitrogens is 4. The number of oxazole rings is 1. The highest BCUT2D eigenvalue weighted by Crippen LogP contribution is 2.37. The fourth-order valence-electron chi connectivity index (χ4n) is 4.73. The molecule has 40 heavy (non-hydrogen) atoms. The first-order chi connectivity index (χ1) is 19.5. The molecule has 1 atom stereocenters. The molecule has 1 fully saturated rings. The molecule has 3 aromatic heterocycles. The van der Waals surface area contributed by atoms with Gasteiger partial charge in [-0.3, -0.25) is 0 Å². The Bertz CT molecular complexity index is 1650. The van der Waals surface area contributed by atoms with Crippen LogP contribution in [-0.2, 0) is 6.54 Å². The Kier molecular flexibility index (Phi) is 6.87. The lowest BCUT2D eigenvalue weighted by atomic mass is 10.2. The quantitative estimate of drug-likeness (QED) is 0.243. The number of ether oxygens (including phenoxy) is 2. The van der Waals surface area contributed by atoms with E-state index in [4.69, 9.17) is 30.6 Å². The second-order valence-corrected chi connectivity index (χ2v) is 9.71. The molecule has 0 bridgehead atoms. The van der Waals surface area contributed by atoms with Gasteiger partial charge in [0.25, 0.3) is 0 Å². The lowest BCUT2D eigenvalue weighted by molar-refractivity contribution is 0.155. The summed E-state index contributed by atoms with van der Waals surface area (Å²) in [6.07, 6.45) is 4.44. The molecule has 0 radical (unpaired) electrons. The number of fused-ring (bicyclic) bond motifs is 1.